The van der Waals surface area contributed by atoms with E-state index in [0.29, 0.717) is 9.44 Å². The van der Waals surface area contributed by atoms with Crippen LogP contribution in [0, 0.1) is 0 Å². The third-order valence-corrected chi connectivity index (χ3v) is 6.10. The molecule has 22 heavy (non-hydrogen) atoms. The average Bonchev–Trinajstić information content (AvgIpc) is 2.95. The van der Waals surface area contributed by atoms with Gasteiger partial charge in [-0.05, 0) is 28.1 Å². The fraction of sp³-hybridized carbons (Fsp3) is 0.0833. The highest BCUT2D eigenvalue weighted by Crippen LogP contribution is 2.30. The molecule has 1 aromatic heterocycles. The molecular weight excluding hydrogens is 394 g/mol. The van der Waals surface area contributed by atoms with Gasteiger partial charge in [0.05, 0.1) is 15.5 Å². The van der Waals surface area contributed by atoms with Gasteiger partial charge in [-0.2, -0.15) is 0 Å². The first-order valence-corrected chi connectivity index (χ1v) is 9.02. The molecule has 1 aliphatic rings. The van der Waals surface area contributed by atoms with E-state index in [1.54, 1.807) is 6.07 Å². The molecule has 0 saturated heterocycles. The van der Waals surface area contributed by atoms with E-state index in [1.165, 1.54) is 35.7 Å². The second-order valence-electron chi connectivity index (χ2n) is 4.33. The number of amides is 2. The normalized spacial score (nSPS) is 15.7. The number of carbonyl (C=O) groups excluding carboxylic acids is 2. The van der Waals surface area contributed by atoms with Crippen LogP contribution in [0.4, 0.5) is 5.13 Å². The van der Waals surface area contributed by atoms with Crippen molar-refractivity contribution in [2.24, 2.45) is 0 Å². The summed E-state index contributed by atoms with van der Waals surface area (Å²) in [7, 11) is -3.98. The number of aromatic nitrogens is 1. The molecule has 2 aromatic rings. The zero-order chi connectivity index (χ0) is 15.9. The summed E-state index contributed by atoms with van der Waals surface area (Å²) in [4.78, 5) is 27.9. The molecule has 7 nitrogen and oxygen atoms in total. The van der Waals surface area contributed by atoms with Crippen molar-refractivity contribution < 1.29 is 18.0 Å². The highest BCUT2D eigenvalue weighted by atomic mass is 79.9. The van der Waals surface area contributed by atoms with Gasteiger partial charge in [-0.25, -0.2) is 17.7 Å². The van der Waals surface area contributed by atoms with E-state index >= 15 is 0 Å². The number of nitrogens with zero attached hydrogens (tertiary/aromatic N) is 2. The third kappa shape index (κ3) is 2.53. The van der Waals surface area contributed by atoms with Crippen LogP contribution >= 0.6 is 27.3 Å². The van der Waals surface area contributed by atoms with E-state index < -0.39 is 28.4 Å². The van der Waals surface area contributed by atoms with Crippen molar-refractivity contribution in [1.82, 2.24) is 9.29 Å². The van der Waals surface area contributed by atoms with E-state index in [1.807, 2.05) is 0 Å². The lowest BCUT2D eigenvalue weighted by Gasteiger charge is -2.13. The fourth-order valence-electron chi connectivity index (χ4n) is 1.99. The van der Waals surface area contributed by atoms with E-state index in [2.05, 4.69) is 26.2 Å². The zero-order valence-corrected chi connectivity index (χ0v) is 14.0. The van der Waals surface area contributed by atoms with Crippen molar-refractivity contribution >= 4 is 54.2 Å². The molecular formula is C12H8BrN3O4S2. The first-order chi connectivity index (χ1) is 10.4. The van der Waals surface area contributed by atoms with Crippen LogP contribution in [0.25, 0.3) is 0 Å². The van der Waals surface area contributed by atoms with Crippen molar-refractivity contribution in [3.8, 4) is 0 Å². The van der Waals surface area contributed by atoms with Crippen LogP contribution in [0.3, 0.4) is 0 Å². The Kier molecular flexibility index (Phi) is 3.75. The van der Waals surface area contributed by atoms with Gasteiger partial charge in [-0.3, -0.25) is 9.59 Å². The largest absolute Gasteiger partial charge is 0.300 e. The predicted octanol–water partition coefficient (Wildman–Crippen LogP) is 1.69. The predicted molar refractivity (Wildman–Crippen MR) is 83.1 cm³/mol. The van der Waals surface area contributed by atoms with E-state index in [-0.39, 0.29) is 10.5 Å². The van der Waals surface area contributed by atoms with Crippen LogP contribution in [-0.4, -0.2) is 36.1 Å². The topological polar surface area (TPSA) is 96.4 Å². The first kappa shape index (κ1) is 15.1. The van der Waals surface area contributed by atoms with Gasteiger partial charge < -0.3 is 5.32 Å². The third-order valence-electron chi connectivity index (χ3n) is 2.92. The van der Waals surface area contributed by atoms with Gasteiger partial charge >= 0.3 is 0 Å². The Bertz CT molecular complexity index is 878. The summed E-state index contributed by atoms with van der Waals surface area (Å²) >= 11 is 4.38. The van der Waals surface area contributed by atoms with Crippen LogP contribution in [0.5, 0.6) is 0 Å². The molecule has 1 aromatic carbocycles. The number of halogens is 1. The molecule has 3 rings (SSSR count). The standard InChI is InChI=1S/C12H8BrN3O4S2/c13-9-5-14-12(21-9)15-10(17)6-16-11(18)7-3-1-2-4-8(7)22(16,19)20/h1-5H,6H2,(H,14,15,17). The van der Waals surface area contributed by atoms with Crippen LogP contribution in [0.15, 0.2) is 39.1 Å². The minimum atomic E-state index is -3.98. The van der Waals surface area contributed by atoms with Crippen molar-refractivity contribution in [1.29, 1.82) is 0 Å². The lowest BCUT2D eigenvalue weighted by Crippen LogP contribution is -2.37. The van der Waals surface area contributed by atoms with Gasteiger partial charge in [0, 0.05) is 0 Å². The summed E-state index contributed by atoms with van der Waals surface area (Å²) in [6, 6.07) is 5.87. The van der Waals surface area contributed by atoms with Crippen LogP contribution < -0.4 is 5.32 Å². The Hall–Kier alpha value is -1.78. The Morgan fingerprint density at radius 2 is 2.09 bits per heavy atom. The highest BCUT2D eigenvalue weighted by molar-refractivity contribution is 9.11. The van der Waals surface area contributed by atoms with Crippen molar-refractivity contribution in [2.45, 2.75) is 4.90 Å². The first-order valence-electron chi connectivity index (χ1n) is 5.97. The molecule has 0 fully saturated rings. The maximum Gasteiger partial charge on any atom is 0.269 e. The number of nitrogens with one attached hydrogen (secondary N) is 1. The van der Waals surface area contributed by atoms with Crippen LogP contribution in [-0.2, 0) is 14.8 Å². The maximum atomic E-state index is 12.3. The summed E-state index contributed by atoms with van der Waals surface area (Å²) in [6.45, 7) is -0.590. The molecule has 1 aliphatic heterocycles. The number of hydrogen-bond donors (Lipinski definition) is 1. The SMILES string of the molecule is O=C(CN1C(=O)c2ccccc2S1(=O)=O)Nc1ncc(Br)s1. The summed E-state index contributed by atoms with van der Waals surface area (Å²) < 4.78 is 25.9. The number of hydrogen-bond acceptors (Lipinski definition) is 6. The number of thiazole rings is 1. The Morgan fingerprint density at radius 1 is 1.36 bits per heavy atom. The maximum absolute atomic E-state index is 12.3. The molecule has 10 heteroatoms. The molecule has 114 valence electrons. The number of anilines is 1. The summed E-state index contributed by atoms with van der Waals surface area (Å²) in [6.07, 6.45) is 1.51. The van der Waals surface area contributed by atoms with Gasteiger partial charge in [0.15, 0.2) is 5.13 Å². The second-order valence-corrected chi connectivity index (χ2v) is 8.57. The zero-order valence-electron chi connectivity index (χ0n) is 10.8. The Balaban J connectivity index is 1.82. The number of fused-ring (bicyclic) bond motifs is 1. The molecule has 0 bridgehead atoms. The van der Waals surface area contributed by atoms with E-state index in [4.69, 9.17) is 0 Å². The average molecular weight is 402 g/mol. The molecule has 0 spiro atoms. The van der Waals surface area contributed by atoms with Crippen molar-refractivity contribution in [3.05, 3.63) is 39.8 Å². The quantitative estimate of drug-likeness (QED) is 0.843. The van der Waals surface area contributed by atoms with Crippen molar-refractivity contribution in [2.75, 3.05) is 11.9 Å². The lowest BCUT2D eigenvalue weighted by atomic mass is 10.2. The summed E-state index contributed by atoms with van der Waals surface area (Å²) in [5, 5.41) is 2.77. The van der Waals surface area contributed by atoms with Gasteiger partial charge in [0.2, 0.25) is 5.91 Å². The Labute approximate surface area is 138 Å². The second kappa shape index (κ2) is 5.45. The monoisotopic (exact) mass is 401 g/mol. The molecule has 0 radical (unpaired) electrons. The van der Waals surface area contributed by atoms with Gasteiger partial charge in [-0.15, -0.1) is 0 Å². The number of benzene rings is 1. The molecule has 0 atom stereocenters. The molecule has 2 heterocycles. The molecule has 2 amide bonds. The number of sulfonamides is 1. The van der Waals surface area contributed by atoms with E-state index in [9.17, 15) is 18.0 Å². The fourth-order valence-corrected chi connectivity index (χ4v) is 4.64. The number of carbonyl (C=O) groups is 2. The van der Waals surface area contributed by atoms with E-state index in [0.717, 1.165) is 3.79 Å². The summed E-state index contributed by atoms with van der Waals surface area (Å²) in [5.41, 5.74) is 0.0762. The van der Waals surface area contributed by atoms with Gasteiger partial charge in [0.1, 0.15) is 11.4 Å². The molecule has 1 N–H and O–H groups in total. The highest BCUT2D eigenvalue weighted by Gasteiger charge is 2.41. The Morgan fingerprint density at radius 3 is 2.73 bits per heavy atom. The smallest absolute Gasteiger partial charge is 0.269 e. The minimum absolute atomic E-state index is 0.0762. The van der Waals surface area contributed by atoms with Crippen molar-refractivity contribution in [3.63, 3.8) is 0 Å². The van der Waals surface area contributed by atoms with Gasteiger partial charge in [0.25, 0.3) is 15.9 Å². The van der Waals surface area contributed by atoms with Gasteiger partial charge in [-0.1, -0.05) is 23.5 Å². The molecule has 0 saturated carbocycles. The minimum Gasteiger partial charge on any atom is -0.300 e. The molecule has 0 unspecified atom stereocenters. The number of rotatable bonds is 3. The summed E-state index contributed by atoms with van der Waals surface area (Å²) in [5.74, 6) is -1.34. The lowest BCUT2D eigenvalue weighted by molar-refractivity contribution is -0.116. The molecule has 0 aliphatic carbocycles. The van der Waals surface area contributed by atoms with Crippen LogP contribution in [0.1, 0.15) is 10.4 Å². The van der Waals surface area contributed by atoms with Crippen LogP contribution in [0.2, 0.25) is 0 Å².